The molecule has 1 aromatic heterocycles. The van der Waals surface area contributed by atoms with Crippen LogP contribution in [0.4, 0.5) is 0 Å². The molecule has 0 aliphatic heterocycles. The normalized spacial score (nSPS) is 15.1. The van der Waals surface area contributed by atoms with Gasteiger partial charge in [-0.3, -0.25) is 4.90 Å². The lowest BCUT2D eigenvalue weighted by Crippen LogP contribution is -2.40. The molecule has 1 heterocycles. The Kier molecular flexibility index (Phi) is 6.78. The smallest absolute Gasteiger partial charge is 0.0593 e. The van der Waals surface area contributed by atoms with Crippen molar-refractivity contribution < 1.29 is 0 Å². The maximum Gasteiger partial charge on any atom is 0.0593 e. The van der Waals surface area contributed by atoms with Crippen LogP contribution in [0, 0.1) is 0 Å². The summed E-state index contributed by atoms with van der Waals surface area (Å²) in [4.78, 5) is 3.95. The first kappa shape index (κ1) is 14.7. The molecule has 2 atom stereocenters. The van der Waals surface area contributed by atoms with Gasteiger partial charge in [-0.05, 0) is 37.4 Å². The maximum absolute atomic E-state index is 6.32. The van der Waals surface area contributed by atoms with E-state index in [0.29, 0.717) is 6.04 Å². The number of thiophene rings is 1. The Hall–Kier alpha value is -0.380. The number of hydrogen-bond acceptors (Lipinski definition) is 3. The molecule has 2 unspecified atom stereocenters. The summed E-state index contributed by atoms with van der Waals surface area (Å²) < 4.78 is 0. The Balaban J connectivity index is 2.80. The highest BCUT2D eigenvalue weighted by molar-refractivity contribution is 7.10. The molecule has 0 saturated carbocycles. The van der Waals surface area contributed by atoms with Crippen molar-refractivity contribution in [2.75, 3.05) is 13.1 Å². The van der Waals surface area contributed by atoms with Gasteiger partial charge in [-0.1, -0.05) is 33.3 Å². The van der Waals surface area contributed by atoms with Crippen molar-refractivity contribution in [3.63, 3.8) is 0 Å². The number of unbranched alkanes of at least 4 members (excludes halogenated alkanes) is 1. The van der Waals surface area contributed by atoms with Gasteiger partial charge in [0.25, 0.3) is 0 Å². The first-order valence-electron chi connectivity index (χ1n) is 6.77. The number of likely N-dealkylation sites (N-methyl/N-ethyl adjacent to an activating group) is 1. The Bertz CT molecular complexity index is 284. The third-order valence-electron chi connectivity index (χ3n) is 3.31. The summed E-state index contributed by atoms with van der Waals surface area (Å²) in [6, 6.07) is 4.99. The molecule has 17 heavy (non-hydrogen) atoms. The second kappa shape index (κ2) is 7.85. The molecule has 0 aliphatic rings. The summed E-state index contributed by atoms with van der Waals surface area (Å²) in [6.07, 6.45) is 3.53. The van der Waals surface area contributed by atoms with Crippen molar-refractivity contribution in [2.24, 2.45) is 5.73 Å². The highest BCUT2D eigenvalue weighted by Crippen LogP contribution is 2.28. The number of nitrogens with zero attached hydrogens (tertiary/aromatic N) is 1. The van der Waals surface area contributed by atoms with Crippen LogP contribution in [0.2, 0.25) is 0 Å². The molecule has 3 heteroatoms. The van der Waals surface area contributed by atoms with Gasteiger partial charge in [0.1, 0.15) is 0 Å². The first-order chi connectivity index (χ1) is 8.24. The molecule has 2 N–H and O–H groups in total. The van der Waals surface area contributed by atoms with Gasteiger partial charge in [0, 0.05) is 10.9 Å². The molecule has 0 spiro atoms. The molecule has 2 nitrogen and oxygen atoms in total. The van der Waals surface area contributed by atoms with Gasteiger partial charge in [0.15, 0.2) is 0 Å². The van der Waals surface area contributed by atoms with Crippen molar-refractivity contribution in [2.45, 2.75) is 52.1 Å². The van der Waals surface area contributed by atoms with Crippen molar-refractivity contribution >= 4 is 11.3 Å². The van der Waals surface area contributed by atoms with E-state index < -0.39 is 0 Å². The molecule has 1 rings (SSSR count). The minimum atomic E-state index is 0.241. The van der Waals surface area contributed by atoms with E-state index in [1.807, 2.05) is 11.3 Å². The van der Waals surface area contributed by atoms with Gasteiger partial charge in [0.05, 0.1) is 6.04 Å². The van der Waals surface area contributed by atoms with Crippen molar-refractivity contribution in [1.82, 2.24) is 4.90 Å². The largest absolute Gasteiger partial charge is 0.326 e. The van der Waals surface area contributed by atoms with E-state index in [4.69, 9.17) is 5.73 Å². The summed E-state index contributed by atoms with van der Waals surface area (Å²) in [7, 11) is 0. The monoisotopic (exact) mass is 254 g/mol. The molecule has 0 aliphatic carbocycles. The fourth-order valence-electron chi connectivity index (χ4n) is 2.20. The van der Waals surface area contributed by atoms with Crippen LogP contribution in [0.25, 0.3) is 0 Å². The van der Waals surface area contributed by atoms with Crippen LogP contribution in [0.1, 0.15) is 51.0 Å². The second-order valence-corrected chi connectivity index (χ2v) is 5.49. The average molecular weight is 254 g/mol. The molecule has 0 bridgehead atoms. The van der Waals surface area contributed by atoms with E-state index in [9.17, 15) is 0 Å². The lowest BCUT2D eigenvalue weighted by Gasteiger charge is -2.34. The summed E-state index contributed by atoms with van der Waals surface area (Å²) >= 11 is 1.83. The standard InChI is InChI=1S/C14H26N2S/c1-4-7-10-16(6-3)14(12(15)5-2)13-9-8-11-17-13/h8-9,11-12,14H,4-7,10,15H2,1-3H3. The number of hydrogen-bond donors (Lipinski definition) is 1. The fraction of sp³-hybridized carbons (Fsp3) is 0.714. The second-order valence-electron chi connectivity index (χ2n) is 4.51. The topological polar surface area (TPSA) is 29.3 Å². The predicted octanol–water partition coefficient (Wildman–Crippen LogP) is 3.65. The summed E-state index contributed by atoms with van der Waals surface area (Å²) in [5.74, 6) is 0. The Morgan fingerprint density at radius 1 is 1.35 bits per heavy atom. The van der Waals surface area contributed by atoms with E-state index in [2.05, 4.69) is 43.2 Å². The van der Waals surface area contributed by atoms with E-state index in [1.54, 1.807) is 0 Å². The number of rotatable bonds is 8. The molecule has 98 valence electrons. The Morgan fingerprint density at radius 3 is 2.59 bits per heavy atom. The van der Waals surface area contributed by atoms with Crippen LogP contribution in [0.5, 0.6) is 0 Å². The molecular formula is C14H26N2S. The van der Waals surface area contributed by atoms with Gasteiger partial charge < -0.3 is 5.73 Å². The summed E-state index contributed by atoms with van der Waals surface area (Å²) in [6.45, 7) is 8.89. The van der Waals surface area contributed by atoms with Gasteiger partial charge in [-0.15, -0.1) is 11.3 Å². The zero-order valence-electron chi connectivity index (χ0n) is 11.4. The zero-order chi connectivity index (χ0) is 12.7. The van der Waals surface area contributed by atoms with Crippen molar-refractivity contribution in [3.8, 4) is 0 Å². The van der Waals surface area contributed by atoms with Gasteiger partial charge in [-0.25, -0.2) is 0 Å². The molecule has 0 amide bonds. The Labute approximate surface area is 110 Å². The van der Waals surface area contributed by atoms with E-state index >= 15 is 0 Å². The minimum Gasteiger partial charge on any atom is -0.326 e. The van der Waals surface area contributed by atoms with Gasteiger partial charge in [-0.2, -0.15) is 0 Å². The highest BCUT2D eigenvalue weighted by atomic mass is 32.1. The molecule has 0 saturated heterocycles. The molecule has 0 fully saturated rings. The molecule has 0 aromatic carbocycles. The van der Waals surface area contributed by atoms with Crippen LogP contribution in [0.3, 0.4) is 0 Å². The van der Waals surface area contributed by atoms with E-state index in [0.717, 1.165) is 19.5 Å². The minimum absolute atomic E-state index is 0.241. The molecular weight excluding hydrogens is 228 g/mol. The van der Waals surface area contributed by atoms with Crippen LogP contribution < -0.4 is 5.73 Å². The Morgan fingerprint density at radius 2 is 2.12 bits per heavy atom. The molecule has 0 radical (unpaired) electrons. The molecule has 1 aromatic rings. The SMILES string of the molecule is CCCCN(CC)C(c1cccs1)C(N)CC. The van der Waals surface area contributed by atoms with Gasteiger partial charge in [0.2, 0.25) is 0 Å². The highest BCUT2D eigenvalue weighted by Gasteiger charge is 2.24. The maximum atomic E-state index is 6.32. The van der Waals surface area contributed by atoms with Crippen LogP contribution in [0.15, 0.2) is 17.5 Å². The third-order valence-corrected chi connectivity index (χ3v) is 4.25. The van der Waals surface area contributed by atoms with Crippen molar-refractivity contribution in [3.05, 3.63) is 22.4 Å². The van der Waals surface area contributed by atoms with Crippen LogP contribution in [-0.4, -0.2) is 24.0 Å². The van der Waals surface area contributed by atoms with E-state index in [-0.39, 0.29) is 6.04 Å². The van der Waals surface area contributed by atoms with Crippen LogP contribution >= 0.6 is 11.3 Å². The lowest BCUT2D eigenvalue weighted by atomic mass is 10.0. The number of nitrogens with two attached hydrogens (primary N) is 1. The van der Waals surface area contributed by atoms with Crippen molar-refractivity contribution in [1.29, 1.82) is 0 Å². The first-order valence-corrected chi connectivity index (χ1v) is 7.65. The summed E-state index contributed by atoms with van der Waals surface area (Å²) in [5, 5.41) is 2.15. The van der Waals surface area contributed by atoms with E-state index in [1.165, 1.54) is 17.7 Å². The summed E-state index contributed by atoms with van der Waals surface area (Å²) in [5.41, 5.74) is 6.32. The van der Waals surface area contributed by atoms with Gasteiger partial charge >= 0.3 is 0 Å². The lowest BCUT2D eigenvalue weighted by molar-refractivity contribution is 0.178. The fourth-order valence-corrected chi connectivity index (χ4v) is 3.13. The zero-order valence-corrected chi connectivity index (χ0v) is 12.2. The average Bonchev–Trinajstić information content (AvgIpc) is 2.87. The van der Waals surface area contributed by atoms with Crippen LogP contribution in [-0.2, 0) is 0 Å². The predicted molar refractivity (Wildman–Crippen MR) is 77.5 cm³/mol. The quantitative estimate of drug-likeness (QED) is 0.767. The third kappa shape index (κ3) is 4.09.